The fraction of sp³-hybridized carbons (Fsp3) is 0.200. The summed E-state index contributed by atoms with van der Waals surface area (Å²) in [6, 6.07) is 9.30. The molecule has 1 aromatic carbocycles. The standard InChI is InChI=1S/C15H16FN3O/c1-10(11-3-6-13(16)7-4-11)19-15(20)12-5-8-14(17-2)18-9-12/h3-10H,1-2H3,(H,17,18)(H,19,20). The van der Waals surface area contributed by atoms with E-state index >= 15 is 0 Å². The van der Waals surface area contributed by atoms with Crippen LogP contribution in [-0.2, 0) is 0 Å². The monoisotopic (exact) mass is 273 g/mol. The first kappa shape index (κ1) is 14.0. The number of rotatable bonds is 4. The fourth-order valence-corrected chi connectivity index (χ4v) is 1.79. The first-order valence-corrected chi connectivity index (χ1v) is 6.30. The van der Waals surface area contributed by atoms with E-state index in [1.807, 2.05) is 6.92 Å². The van der Waals surface area contributed by atoms with E-state index in [0.29, 0.717) is 11.4 Å². The van der Waals surface area contributed by atoms with Crippen molar-refractivity contribution in [3.63, 3.8) is 0 Å². The summed E-state index contributed by atoms with van der Waals surface area (Å²) in [6.07, 6.45) is 1.51. The number of halogens is 1. The lowest BCUT2D eigenvalue weighted by molar-refractivity contribution is 0.0939. The van der Waals surface area contributed by atoms with Crippen LogP contribution in [0.1, 0.15) is 28.9 Å². The molecule has 0 saturated heterocycles. The van der Waals surface area contributed by atoms with Crippen LogP contribution in [0.2, 0.25) is 0 Å². The van der Waals surface area contributed by atoms with Crippen LogP contribution in [0.4, 0.5) is 10.2 Å². The Morgan fingerprint density at radius 1 is 1.20 bits per heavy atom. The number of aromatic nitrogens is 1. The molecule has 1 amide bonds. The smallest absolute Gasteiger partial charge is 0.253 e. The van der Waals surface area contributed by atoms with Gasteiger partial charge in [0.15, 0.2) is 0 Å². The first-order valence-electron chi connectivity index (χ1n) is 6.30. The lowest BCUT2D eigenvalue weighted by Crippen LogP contribution is -2.26. The fourth-order valence-electron chi connectivity index (χ4n) is 1.79. The van der Waals surface area contributed by atoms with E-state index in [2.05, 4.69) is 15.6 Å². The summed E-state index contributed by atoms with van der Waals surface area (Å²) >= 11 is 0. The Balaban J connectivity index is 2.04. The molecule has 5 heteroatoms. The molecule has 1 aromatic heterocycles. The molecular weight excluding hydrogens is 257 g/mol. The van der Waals surface area contributed by atoms with Gasteiger partial charge in [-0.2, -0.15) is 0 Å². The van der Waals surface area contributed by atoms with Crippen molar-refractivity contribution in [3.05, 3.63) is 59.5 Å². The number of carbonyl (C=O) groups is 1. The number of hydrogen-bond acceptors (Lipinski definition) is 3. The van der Waals surface area contributed by atoms with Gasteiger partial charge in [0.1, 0.15) is 11.6 Å². The van der Waals surface area contributed by atoms with E-state index in [0.717, 1.165) is 5.56 Å². The molecule has 1 atom stereocenters. The average Bonchev–Trinajstić information content (AvgIpc) is 2.48. The molecule has 20 heavy (non-hydrogen) atoms. The van der Waals surface area contributed by atoms with Crippen molar-refractivity contribution in [2.45, 2.75) is 13.0 Å². The zero-order valence-electron chi connectivity index (χ0n) is 11.4. The molecule has 0 aliphatic heterocycles. The van der Waals surface area contributed by atoms with Gasteiger partial charge >= 0.3 is 0 Å². The van der Waals surface area contributed by atoms with Crippen LogP contribution in [-0.4, -0.2) is 17.9 Å². The predicted molar refractivity (Wildman–Crippen MR) is 76.1 cm³/mol. The Kier molecular flexibility index (Phi) is 4.30. The van der Waals surface area contributed by atoms with Crippen LogP contribution in [0.3, 0.4) is 0 Å². The third-order valence-electron chi connectivity index (χ3n) is 3.00. The van der Waals surface area contributed by atoms with Gasteiger partial charge in [-0.1, -0.05) is 12.1 Å². The summed E-state index contributed by atoms with van der Waals surface area (Å²) in [5.74, 6) is 0.198. The Hall–Kier alpha value is -2.43. The molecule has 104 valence electrons. The second-order valence-corrected chi connectivity index (χ2v) is 4.43. The van der Waals surface area contributed by atoms with Gasteiger partial charge in [0.2, 0.25) is 0 Å². The Morgan fingerprint density at radius 3 is 2.45 bits per heavy atom. The summed E-state index contributed by atoms with van der Waals surface area (Å²) in [5.41, 5.74) is 1.33. The molecule has 2 rings (SSSR count). The minimum absolute atomic E-state index is 0.202. The van der Waals surface area contributed by atoms with Gasteiger partial charge in [-0.05, 0) is 36.8 Å². The Labute approximate surface area is 117 Å². The van der Waals surface area contributed by atoms with E-state index in [1.54, 1.807) is 31.3 Å². The molecule has 0 aliphatic rings. The normalized spacial score (nSPS) is 11.8. The molecule has 1 unspecified atom stereocenters. The van der Waals surface area contributed by atoms with Crippen molar-refractivity contribution in [1.82, 2.24) is 10.3 Å². The molecule has 2 aromatic rings. The lowest BCUT2D eigenvalue weighted by Gasteiger charge is -2.14. The van der Waals surface area contributed by atoms with Crippen LogP contribution in [0.5, 0.6) is 0 Å². The molecule has 0 aliphatic carbocycles. The van der Waals surface area contributed by atoms with Gasteiger partial charge in [-0.3, -0.25) is 4.79 Å². The van der Waals surface area contributed by atoms with Gasteiger partial charge in [0.25, 0.3) is 5.91 Å². The number of benzene rings is 1. The largest absolute Gasteiger partial charge is 0.373 e. The maximum absolute atomic E-state index is 12.8. The minimum Gasteiger partial charge on any atom is -0.373 e. The number of pyridine rings is 1. The van der Waals surface area contributed by atoms with Crippen molar-refractivity contribution in [2.24, 2.45) is 0 Å². The topological polar surface area (TPSA) is 54.0 Å². The third-order valence-corrected chi connectivity index (χ3v) is 3.00. The van der Waals surface area contributed by atoms with Crippen LogP contribution in [0.15, 0.2) is 42.6 Å². The Bertz CT molecular complexity index is 581. The second kappa shape index (κ2) is 6.14. The van der Waals surface area contributed by atoms with E-state index in [-0.39, 0.29) is 17.8 Å². The summed E-state index contributed by atoms with van der Waals surface area (Å²) in [5, 5.41) is 5.73. The summed E-state index contributed by atoms with van der Waals surface area (Å²) in [7, 11) is 1.76. The molecule has 0 bridgehead atoms. The zero-order chi connectivity index (χ0) is 14.5. The van der Waals surface area contributed by atoms with Gasteiger partial charge in [-0.15, -0.1) is 0 Å². The second-order valence-electron chi connectivity index (χ2n) is 4.43. The van der Waals surface area contributed by atoms with Crippen molar-refractivity contribution < 1.29 is 9.18 Å². The predicted octanol–water partition coefficient (Wildman–Crippen LogP) is 2.75. The highest BCUT2D eigenvalue weighted by Gasteiger charge is 2.11. The van der Waals surface area contributed by atoms with Gasteiger partial charge in [0, 0.05) is 13.2 Å². The average molecular weight is 273 g/mol. The van der Waals surface area contributed by atoms with Crippen molar-refractivity contribution in [2.75, 3.05) is 12.4 Å². The van der Waals surface area contributed by atoms with E-state index in [1.165, 1.54) is 18.3 Å². The number of amides is 1. The van der Waals surface area contributed by atoms with Gasteiger partial charge < -0.3 is 10.6 Å². The molecule has 4 nitrogen and oxygen atoms in total. The molecule has 2 N–H and O–H groups in total. The van der Waals surface area contributed by atoms with Crippen molar-refractivity contribution in [1.29, 1.82) is 0 Å². The number of nitrogens with one attached hydrogen (secondary N) is 2. The number of hydrogen-bond donors (Lipinski definition) is 2. The maximum Gasteiger partial charge on any atom is 0.253 e. The lowest BCUT2D eigenvalue weighted by atomic mass is 10.1. The molecule has 0 saturated carbocycles. The summed E-state index contributed by atoms with van der Waals surface area (Å²) in [6.45, 7) is 1.85. The highest BCUT2D eigenvalue weighted by molar-refractivity contribution is 5.94. The highest BCUT2D eigenvalue weighted by Crippen LogP contribution is 2.14. The summed E-state index contributed by atoms with van der Waals surface area (Å²) < 4.78 is 12.8. The number of nitrogens with zero attached hydrogens (tertiary/aromatic N) is 1. The van der Waals surface area contributed by atoms with Gasteiger partial charge in [0.05, 0.1) is 11.6 Å². The molecule has 0 radical (unpaired) electrons. The molecule has 0 spiro atoms. The third kappa shape index (κ3) is 3.32. The highest BCUT2D eigenvalue weighted by atomic mass is 19.1. The van der Waals surface area contributed by atoms with Crippen LogP contribution < -0.4 is 10.6 Å². The van der Waals surface area contributed by atoms with E-state index in [4.69, 9.17) is 0 Å². The first-order chi connectivity index (χ1) is 9.60. The molecule has 0 fully saturated rings. The van der Waals surface area contributed by atoms with Crippen molar-refractivity contribution >= 4 is 11.7 Å². The quantitative estimate of drug-likeness (QED) is 0.900. The van der Waals surface area contributed by atoms with Crippen LogP contribution in [0, 0.1) is 5.82 Å². The number of anilines is 1. The van der Waals surface area contributed by atoms with Gasteiger partial charge in [-0.25, -0.2) is 9.37 Å². The molecular formula is C15H16FN3O. The van der Waals surface area contributed by atoms with E-state index in [9.17, 15) is 9.18 Å². The maximum atomic E-state index is 12.8. The SMILES string of the molecule is CNc1ccc(C(=O)NC(C)c2ccc(F)cc2)cn1. The minimum atomic E-state index is -0.292. The molecule has 1 heterocycles. The van der Waals surface area contributed by atoms with Crippen LogP contribution >= 0.6 is 0 Å². The Morgan fingerprint density at radius 2 is 1.90 bits per heavy atom. The van der Waals surface area contributed by atoms with E-state index < -0.39 is 0 Å². The number of carbonyl (C=O) groups excluding carboxylic acids is 1. The zero-order valence-corrected chi connectivity index (χ0v) is 11.4. The van der Waals surface area contributed by atoms with Crippen molar-refractivity contribution in [3.8, 4) is 0 Å². The van der Waals surface area contributed by atoms with Crippen LogP contribution in [0.25, 0.3) is 0 Å². The summed E-state index contributed by atoms with van der Waals surface area (Å²) in [4.78, 5) is 16.1.